The van der Waals surface area contributed by atoms with Crippen molar-refractivity contribution in [3.05, 3.63) is 28.2 Å². The lowest BCUT2D eigenvalue weighted by Gasteiger charge is -2.37. The number of nitrogens with one attached hydrogen (secondary N) is 1. The van der Waals surface area contributed by atoms with E-state index in [4.69, 9.17) is 0 Å². The molecule has 0 atom stereocenters. The predicted octanol–water partition coefficient (Wildman–Crippen LogP) is 1.97. The normalized spacial score (nSPS) is 18.5. The van der Waals surface area contributed by atoms with Gasteiger partial charge < -0.3 is 5.32 Å². The van der Waals surface area contributed by atoms with Gasteiger partial charge in [-0.05, 0) is 26.0 Å². The SMILES string of the molecule is CC1(C)NC(=O)CN(c2c(F)cc(Br)cc2F)C1=O. The molecule has 0 aromatic heterocycles. The molecule has 0 unspecified atom stereocenters. The molecule has 1 aromatic carbocycles. The zero-order valence-electron chi connectivity index (χ0n) is 10.3. The number of hydrogen-bond donors (Lipinski definition) is 1. The summed E-state index contributed by atoms with van der Waals surface area (Å²) in [6, 6.07) is 2.09. The third kappa shape index (κ3) is 2.47. The minimum absolute atomic E-state index is 0.222. The molecule has 1 saturated heterocycles. The fourth-order valence-electron chi connectivity index (χ4n) is 1.97. The molecule has 1 aliphatic rings. The van der Waals surface area contributed by atoms with E-state index in [0.29, 0.717) is 0 Å². The average molecular weight is 333 g/mol. The fourth-order valence-corrected chi connectivity index (χ4v) is 2.37. The minimum atomic E-state index is -1.19. The zero-order valence-corrected chi connectivity index (χ0v) is 11.8. The molecule has 1 aromatic rings. The fraction of sp³-hybridized carbons (Fsp3) is 0.333. The topological polar surface area (TPSA) is 49.4 Å². The average Bonchev–Trinajstić information content (AvgIpc) is 2.22. The van der Waals surface area contributed by atoms with Crippen molar-refractivity contribution in [1.29, 1.82) is 0 Å². The summed E-state index contributed by atoms with van der Waals surface area (Å²) in [4.78, 5) is 24.5. The van der Waals surface area contributed by atoms with E-state index in [-0.39, 0.29) is 4.47 Å². The van der Waals surface area contributed by atoms with Crippen LogP contribution in [0.15, 0.2) is 16.6 Å². The van der Waals surface area contributed by atoms with Crippen LogP contribution >= 0.6 is 15.9 Å². The Labute approximate surface area is 116 Å². The Hall–Kier alpha value is -1.50. The number of anilines is 1. The smallest absolute Gasteiger partial charge is 0.252 e. The van der Waals surface area contributed by atoms with E-state index in [2.05, 4.69) is 21.2 Å². The molecule has 1 aliphatic heterocycles. The van der Waals surface area contributed by atoms with E-state index in [9.17, 15) is 18.4 Å². The van der Waals surface area contributed by atoms with E-state index < -0.39 is 41.2 Å². The van der Waals surface area contributed by atoms with Gasteiger partial charge in [-0.2, -0.15) is 0 Å². The summed E-state index contributed by atoms with van der Waals surface area (Å²) in [6.07, 6.45) is 0. The molecule has 1 heterocycles. The third-order valence-corrected chi connectivity index (χ3v) is 3.24. The first-order valence-corrected chi connectivity index (χ1v) is 6.29. The highest BCUT2D eigenvalue weighted by Gasteiger charge is 2.41. The minimum Gasteiger partial charge on any atom is -0.341 e. The lowest BCUT2D eigenvalue weighted by molar-refractivity contribution is -0.134. The second-order valence-corrected chi connectivity index (χ2v) is 5.70. The summed E-state index contributed by atoms with van der Waals surface area (Å²) < 4.78 is 27.9. The van der Waals surface area contributed by atoms with Gasteiger partial charge in [-0.15, -0.1) is 0 Å². The van der Waals surface area contributed by atoms with Gasteiger partial charge in [0.1, 0.15) is 17.8 Å². The number of hydrogen-bond acceptors (Lipinski definition) is 2. The van der Waals surface area contributed by atoms with Gasteiger partial charge in [-0.3, -0.25) is 14.5 Å². The Kier molecular flexibility index (Phi) is 3.34. The number of benzene rings is 1. The van der Waals surface area contributed by atoms with E-state index in [1.54, 1.807) is 0 Å². The molecule has 0 saturated carbocycles. The van der Waals surface area contributed by atoms with Gasteiger partial charge in [0.15, 0.2) is 11.6 Å². The Morgan fingerprint density at radius 3 is 2.32 bits per heavy atom. The van der Waals surface area contributed by atoms with Crippen molar-refractivity contribution in [3.63, 3.8) is 0 Å². The van der Waals surface area contributed by atoms with Crippen LogP contribution in [0.5, 0.6) is 0 Å². The van der Waals surface area contributed by atoms with Gasteiger partial charge in [0.05, 0.1) is 0 Å². The lowest BCUT2D eigenvalue weighted by atomic mass is 10.00. The molecule has 0 aliphatic carbocycles. The molecule has 2 rings (SSSR count). The van der Waals surface area contributed by atoms with Gasteiger partial charge in [0.25, 0.3) is 5.91 Å². The van der Waals surface area contributed by atoms with Crippen molar-refractivity contribution >= 4 is 33.4 Å². The Bertz CT molecular complexity index is 552. The molecule has 102 valence electrons. The summed E-state index contributed by atoms with van der Waals surface area (Å²) in [5, 5.41) is 2.47. The summed E-state index contributed by atoms with van der Waals surface area (Å²) in [5.74, 6) is -2.82. The van der Waals surface area contributed by atoms with Crippen LogP contribution < -0.4 is 10.2 Å². The first-order valence-electron chi connectivity index (χ1n) is 5.50. The highest BCUT2D eigenvalue weighted by molar-refractivity contribution is 9.10. The quantitative estimate of drug-likeness (QED) is 0.854. The number of halogens is 3. The first kappa shape index (κ1) is 13.9. The molecule has 0 spiro atoms. The maximum absolute atomic E-state index is 13.9. The Morgan fingerprint density at radius 2 is 1.79 bits per heavy atom. The molecule has 1 fully saturated rings. The van der Waals surface area contributed by atoms with Crippen LogP contribution in [-0.4, -0.2) is 23.9 Å². The number of piperazine rings is 1. The van der Waals surface area contributed by atoms with E-state index in [1.807, 2.05) is 0 Å². The number of carbonyl (C=O) groups excluding carboxylic acids is 2. The second kappa shape index (κ2) is 4.56. The zero-order chi connectivity index (χ0) is 14.4. The molecular formula is C12H11BrF2N2O2. The molecule has 0 bridgehead atoms. The van der Waals surface area contributed by atoms with E-state index >= 15 is 0 Å². The van der Waals surface area contributed by atoms with Crippen LogP contribution in [-0.2, 0) is 9.59 Å². The van der Waals surface area contributed by atoms with Crippen molar-refractivity contribution in [2.75, 3.05) is 11.4 Å². The maximum atomic E-state index is 13.9. The van der Waals surface area contributed by atoms with E-state index in [0.717, 1.165) is 17.0 Å². The van der Waals surface area contributed by atoms with Crippen molar-refractivity contribution in [1.82, 2.24) is 5.32 Å². The highest BCUT2D eigenvalue weighted by Crippen LogP contribution is 2.30. The largest absolute Gasteiger partial charge is 0.341 e. The number of carbonyl (C=O) groups is 2. The van der Waals surface area contributed by atoms with Crippen molar-refractivity contribution < 1.29 is 18.4 Å². The molecule has 4 nitrogen and oxygen atoms in total. The molecular weight excluding hydrogens is 322 g/mol. The molecule has 1 N–H and O–H groups in total. The highest BCUT2D eigenvalue weighted by atomic mass is 79.9. The molecule has 2 amide bonds. The standard InChI is InChI=1S/C12H11BrF2N2O2/c1-12(2)11(19)17(5-9(18)16-12)10-7(14)3-6(13)4-8(10)15/h3-4H,5H2,1-2H3,(H,16,18). The molecule has 19 heavy (non-hydrogen) atoms. The van der Waals surface area contributed by atoms with Gasteiger partial charge >= 0.3 is 0 Å². The van der Waals surface area contributed by atoms with Crippen molar-refractivity contribution in [2.24, 2.45) is 0 Å². The van der Waals surface area contributed by atoms with Gasteiger partial charge in [-0.25, -0.2) is 8.78 Å². The maximum Gasteiger partial charge on any atom is 0.252 e. The summed E-state index contributed by atoms with van der Waals surface area (Å²) >= 11 is 2.96. The summed E-state index contributed by atoms with van der Waals surface area (Å²) in [5.41, 5.74) is -1.70. The summed E-state index contributed by atoms with van der Waals surface area (Å²) in [7, 11) is 0. The predicted molar refractivity (Wildman–Crippen MR) is 68.6 cm³/mol. The van der Waals surface area contributed by atoms with Crippen LogP contribution in [0, 0.1) is 11.6 Å². The third-order valence-electron chi connectivity index (χ3n) is 2.79. The Balaban J connectivity index is 2.52. The number of nitrogens with zero attached hydrogens (tertiary/aromatic N) is 1. The van der Waals surface area contributed by atoms with Gasteiger partial charge in [-0.1, -0.05) is 15.9 Å². The summed E-state index contributed by atoms with van der Waals surface area (Å²) in [6.45, 7) is 2.56. The van der Waals surface area contributed by atoms with Crippen LogP contribution in [0.25, 0.3) is 0 Å². The monoisotopic (exact) mass is 332 g/mol. The van der Waals surface area contributed by atoms with Gasteiger partial charge in [0.2, 0.25) is 5.91 Å². The van der Waals surface area contributed by atoms with Crippen LogP contribution in [0.4, 0.5) is 14.5 Å². The van der Waals surface area contributed by atoms with Crippen LogP contribution in [0.3, 0.4) is 0 Å². The first-order chi connectivity index (χ1) is 8.72. The molecule has 0 radical (unpaired) electrons. The Morgan fingerprint density at radius 1 is 1.26 bits per heavy atom. The van der Waals surface area contributed by atoms with Crippen LogP contribution in [0.1, 0.15) is 13.8 Å². The molecule has 7 heteroatoms. The second-order valence-electron chi connectivity index (χ2n) is 4.78. The number of amides is 2. The van der Waals surface area contributed by atoms with E-state index in [1.165, 1.54) is 13.8 Å². The van der Waals surface area contributed by atoms with Crippen LogP contribution in [0.2, 0.25) is 0 Å². The number of rotatable bonds is 1. The lowest BCUT2D eigenvalue weighted by Crippen LogP contribution is -2.64. The van der Waals surface area contributed by atoms with Crippen molar-refractivity contribution in [2.45, 2.75) is 19.4 Å². The van der Waals surface area contributed by atoms with Gasteiger partial charge in [0, 0.05) is 4.47 Å². The van der Waals surface area contributed by atoms with Crippen molar-refractivity contribution in [3.8, 4) is 0 Å².